The van der Waals surface area contributed by atoms with E-state index in [1.165, 1.54) is 29.5 Å². The SMILES string of the molecule is Cc1ccc(C)c(COCC2CCNCC2)c1. The average molecular weight is 233 g/mol. The van der Waals surface area contributed by atoms with Crippen molar-refractivity contribution in [2.45, 2.75) is 33.3 Å². The van der Waals surface area contributed by atoms with Crippen LogP contribution >= 0.6 is 0 Å². The molecule has 1 aliphatic heterocycles. The van der Waals surface area contributed by atoms with E-state index in [4.69, 9.17) is 4.74 Å². The Labute approximate surface area is 104 Å². The standard InChI is InChI=1S/C15H23NO/c1-12-3-4-13(2)15(9-12)11-17-10-14-5-7-16-8-6-14/h3-4,9,14,16H,5-8,10-11H2,1-2H3. The van der Waals surface area contributed by atoms with E-state index in [2.05, 4.69) is 37.4 Å². The number of nitrogens with one attached hydrogen (secondary N) is 1. The Morgan fingerprint density at radius 1 is 1.24 bits per heavy atom. The minimum atomic E-state index is 0.751. The van der Waals surface area contributed by atoms with E-state index in [1.807, 2.05) is 0 Å². The van der Waals surface area contributed by atoms with E-state index in [0.717, 1.165) is 32.2 Å². The summed E-state index contributed by atoms with van der Waals surface area (Å²) in [5.74, 6) is 0.751. The average Bonchev–Trinajstić information content (AvgIpc) is 2.35. The van der Waals surface area contributed by atoms with Crippen LogP contribution in [0.2, 0.25) is 0 Å². The first-order chi connectivity index (χ1) is 8.25. The molecule has 1 aliphatic rings. The molecule has 0 radical (unpaired) electrons. The van der Waals surface area contributed by atoms with Gasteiger partial charge in [-0.2, -0.15) is 0 Å². The van der Waals surface area contributed by atoms with Gasteiger partial charge in [0.2, 0.25) is 0 Å². The summed E-state index contributed by atoms with van der Waals surface area (Å²) in [5, 5.41) is 3.38. The van der Waals surface area contributed by atoms with E-state index >= 15 is 0 Å². The van der Waals surface area contributed by atoms with Gasteiger partial charge in [0.25, 0.3) is 0 Å². The molecule has 0 unspecified atom stereocenters. The van der Waals surface area contributed by atoms with E-state index < -0.39 is 0 Å². The van der Waals surface area contributed by atoms with Crippen LogP contribution in [0.3, 0.4) is 0 Å². The molecule has 0 amide bonds. The van der Waals surface area contributed by atoms with Gasteiger partial charge < -0.3 is 10.1 Å². The van der Waals surface area contributed by atoms with Gasteiger partial charge >= 0.3 is 0 Å². The highest BCUT2D eigenvalue weighted by atomic mass is 16.5. The third-order valence-corrected chi connectivity index (χ3v) is 3.57. The number of piperidine rings is 1. The van der Waals surface area contributed by atoms with Crippen molar-refractivity contribution in [3.05, 3.63) is 34.9 Å². The van der Waals surface area contributed by atoms with Crippen LogP contribution < -0.4 is 5.32 Å². The fourth-order valence-electron chi connectivity index (χ4n) is 2.34. The van der Waals surface area contributed by atoms with E-state index in [1.54, 1.807) is 0 Å². The lowest BCUT2D eigenvalue weighted by molar-refractivity contribution is 0.0760. The van der Waals surface area contributed by atoms with Gasteiger partial charge in [0.05, 0.1) is 6.61 Å². The lowest BCUT2D eigenvalue weighted by atomic mass is 9.99. The predicted molar refractivity (Wildman–Crippen MR) is 71.2 cm³/mol. The van der Waals surface area contributed by atoms with Crippen molar-refractivity contribution >= 4 is 0 Å². The Balaban J connectivity index is 1.79. The number of hydrogen-bond donors (Lipinski definition) is 1. The normalized spacial score (nSPS) is 17.3. The quantitative estimate of drug-likeness (QED) is 0.863. The third-order valence-electron chi connectivity index (χ3n) is 3.57. The van der Waals surface area contributed by atoms with Crippen molar-refractivity contribution in [2.24, 2.45) is 5.92 Å². The first kappa shape index (κ1) is 12.6. The van der Waals surface area contributed by atoms with Crippen LogP contribution in [-0.4, -0.2) is 19.7 Å². The molecule has 2 heteroatoms. The number of rotatable bonds is 4. The van der Waals surface area contributed by atoms with E-state index in [-0.39, 0.29) is 0 Å². The summed E-state index contributed by atoms with van der Waals surface area (Å²) in [6.07, 6.45) is 2.51. The summed E-state index contributed by atoms with van der Waals surface area (Å²) < 4.78 is 5.87. The van der Waals surface area contributed by atoms with Gasteiger partial charge in [-0.3, -0.25) is 0 Å². The predicted octanol–water partition coefficient (Wildman–Crippen LogP) is 2.82. The number of benzene rings is 1. The number of ether oxygens (including phenoxy) is 1. The number of hydrogen-bond acceptors (Lipinski definition) is 2. The van der Waals surface area contributed by atoms with Gasteiger partial charge in [0, 0.05) is 6.61 Å². The fraction of sp³-hybridized carbons (Fsp3) is 0.600. The molecule has 0 bridgehead atoms. The summed E-state index contributed by atoms with van der Waals surface area (Å²) >= 11 is 0. The summed E-state index contributed by atoms with van der Waals surface area (Å²) in [4.78, 5) is 0. The second-order valence-electron chi connectivity index (χ2n) is 5.14. The van der Waals surface area contributed by atoms with Crippen molar-refractivity contribution in [3.8, 4) is 0 Å². The molecule has 1 saturated heterocycles. The van der Waals surface area contributed by atoms with Crippen molar-refractivity contribution in [2.75, 3.05) is 19.7 Å². The van der Waals surface area contributed by atoms with Crippen molar-refractivity contribution < 1.29 is 4.74 Å². The van der Waals surface area contributed by atoms with Crippen LogP contribution in [0.4, 0.5) is 0 Å². The third kappa shape index (κ3) is 3.83. The topological polar surface area (TPSA) is 21.3 Å². The summed E-state index contributed by atoms with van der Waals surface area (Å²) in [6.45, 7) is 8.26. The fourth-order valence-corrected chi connectivity index (χ4v) is 2.34. The molecule has 0 aromatic heterocycles. The molecule has 0 aliphatic carbocycles. The molecule has 2 nitrogen and oxygen atoms in total. The maximum Gasteiger partial charge on any atom is 0.0719 e. The van der Waals surface area contributed by atoms with Crippen LogP contribution in [0.1, 0.15) is 29.5 Å². The summed E-state index contributed by atoms with van der Waals surface area (Å²) in [5.41, 5.74) is 3.98. The minimum Gasteiger partial charge on any atom is -0.376 e. The molecule has 0 saturated carbocycles. The Morgan fingerprint density at radius 2 is 2.00 bits per heavy atom. The van der Waals surface area contributed by atoms with E-state index in [0.29, 0.717) is 0 Å². The maximum absolute atomic E-state index is 5.87. The van der Waals surface area contributed by atoms with Gasteiger partial charge in [-0.05, 0) is 56.8 Å². The molecule has 1 aromatic rings. The Kier molecular flexibility index (Phi) is 4.57. The van der Waals surface area contributed by atoms with Gasteiger partial charge in [-0.15, -0.1) is 0 Å². The Hall–Kier alpha value is -0.860. The summed E-state index contributed by atoms with van der Waals surface area (Å²) in [6, 6.07) is 6.57. The smallest absolute Gasteiger partial charge is 0.0719 e. The van der Waals surface area contributed by atoms with Crippen LogP contribution in [0.5, 0.6) is 0 Å². The first-order valence-corrected chi connectivity index (χ1v) is 6.60. The zero-order valence-electron chi connectivity index (χ0n) is 11.0. The molecule has 17 heavy (non-hydrogen) atoms. The Bertz CT molecular complexity index is 356. The van der Waals surface area contributed by atoms with Gasteiger partial charge in [-0.25, -0.2) is 0 Å². The molecular formula is C15H23NO. The maximum atomic E-state index is 5.87. The van der Waals surface area contributed by atoms with Crippen molar-refractivity contribution in [1.82, 2.24) is 5.32 Å². The molecule has 1 aromatic carbocycles. The minimum absolute atomic E-state index is 0.751. The zero-order valence-corrected chi connectivity index (χ0v) is 11.0. The largest absolute Gasteiger partial charge is 0.376 e. The van der Waals surface area contributed by atoms with Crippen LogP contribution in [0.25, 0.3) is 0 Å². The van der Waals surface area contributed by atoms with Crippen molar-refractivity contribution in [1.29, 1.82) is 0 Å². The molecule has 0 atom stereocenters. The number of aryl methyl sites for hydroxylation is 2. The lowest BCUT2D eigenvalue weighted by Crippen LogP contribution is -2.29. The molecular weight excluding hydrogens is 210 g/mol. The highest BCUT2D eigenvalue weighted by molar-refractivity contribution is 5.29. The summed E-state index contributed by atoms with van der Waals surface area (Å²) in [7, 11) is 0. The van der Waals surface area contributed by atoms with Crippen molar-refractivity contribution in [3.63, 3.8) is 0 Å². The van der Waals surface area contributed by atoms with Gasteiger partial charge in [0.15, 0.2) is 0 Å². The van der Waals surface area contributed by atoms with Crippen LogP contribution in [-0.2, 0) is 11.3 Å². The second kappa shape index (κ2) is 6.18. The first-order valence-electron chi connectivity index (χ1n) is 6.60. The van der Waals surface area contributed by atoms with Gasteiger partial charge in [0.1, 0.15) is 0 Å². The lowest BCUT2D eigenvalue weighted by Gasteiger charge is -2.22. The Morgan fingerprint density at radius 3 is 2.76 bits per heavy atom. The monoisotopic (exact) mass is 233 g/mol. The molecule has 0 spiro atoms. The second-order valence-corrected chi connectivity index (χ2v) is 5.14. The molecule has 2 rings (SSSR count). The molecule has 1 heterocycles. The van der Waals surface area contributed by atoms with Crippen LogP contribution in [0, 0.1) is 19.8 Å². The highest BCUT2D eigenvalue weighted by Crippen LogP contribution is 2.15. The highest BCUT2D eigenvalue weighted by Gasteiger charge is 2.12. The van der Waals surface area contributed by atoms with Gasteiger partial charge in [-0.1, -0.05) is 23.8 Å². The van der Waals surface area contributed by atoms with E-state index in [9.17, 15) is 0 Å². The molecule has 94 valence electrons. The molecule has 1 N–H and O–H groups in total. The van der Waals surface area contributed by atoms with Crippen LogP contribution in [0.15, 0.2) is 18.2 Å². The molecule has 1 fully saturated rings. The zero-order chi connectivity index (χ0) is 12.1.